The van der Waals surface area contributed by atoms with Gasteiger partial charge < -0.3 is 10.3 Å². The number of hydrogen-bond donors (Lipinski definition) is 3. The summed E-state index contributed by atoms with van der Waals surface area (Å²) in [6.45, 7) is 7.94. The molecule has 0 aliphatic carbocycles. The fraction of sp³-hybridized carbons (Fsp3) is 0.300. The number of rotatable bonds is 3. The number of carbonyl (C=O) groups excluding carboxylic acids is 1. The lowest BCUT2D eigenvalue weighted by atomic mass is 10.1. The molecule has 0 saturated carbocycles. The van der Waals surface area contributed by atoms with Crippen LogP contribution in [0, 0.1) is 0 Å². The van der Waals surface area contributed by atoms with E-state index in [0.29, 0.717) is 22.4 Å². The van der Waals surface area contributed by atoms with Gasteiger partial charge in [-0.1, -0.05) is 25.1 Å². The predicted octanol–water partition coefficient (Wildman–Crippen LogP) is 3.59. The fourth-order valence-electron chi connectivity index (χ4n) is 3.17. The molecule has 27 heavy (non-hydrogen) atoms. The van der Waals surface area contributed by atoms with Crippen molar-refractivity contribution in [1.29, 1.82) is 0 Å². The lowest BCUT2D eigenvalue weighted by Gasteiger charge is -2.19. The molecular weight excluding hydrogens is 340 g/mol. The van der Waals surface area contributed by atoms with Crippen LogP contribution in [-0.2, 0) is 6.42 Å². The molecular formula is C20H22N6O. The van der Waals surface area contributed by atoms with Crippen molar-refractivity contribution in [3.8, 4) is 11.4 Å². The van der Waals surface area contributed by atoms with Crippen molar-refractivity contribution < 1.29 is 4.79 Å². The number of hydrogen-bond acceptors (Lipinski definition) is 4. The second-order valence-corrected chi connectivity index (χ2v) is 7.62. The van der Waals surface area contributed by atoms with Crippen LogP contribution in [0.3, 0.4) is 0 Å². The van der Waals surface area contributed by atoms with Crippen molar-refractivity contribution >= 4 is 28.0 Å². The van der Waals surface area contributed by atoms with Gasteiger partial charge in [0.05, 0.1) is 23.0 Å². The molecule has 4 rings (SSSR count). The lowest BCUT2D eigenvalue weighted by Crippen LogP contribution is -2.40. The first-order valence-corrected chi connectivity index (χ1v) is 9.00. The summed E-state index contributed by atoms with van der Waals surface area (Å²) in [5, 5.41) is 11.5. The smallest absolute Gasteiger partial charge is 0.255 e. The largest absolute Gasteiger partial charge is 0.347 e. The molecule has 3 N–H and O–H groups in total. The Morgan fingerprint density at radius 1 is 1.22 bits per heavy atom. The number of aryl methyl sites for hydroxylation is 1. The van der Waals surface area contributed by atoms with E-state index in [2.05, 4.69) is 38.5 Å². The molecule has 0 atom stereocenters. The van der Waals surface area contributed by atoms with Crippen molar-refractivity contribution in [3.05, 3.63) is 41.7 Å². The Kier molecular flexibility index (Phi) is 3.95. The highest BCUT2D eigenvalue weighted by Crippen LogP contribution is 2.28. The maximum absolute atomic E-state index is 12.6. The summed E-state index contributed by atoms with van der Waals surface area (Å²) < 4.78 is 0. The number of nitrogens with one attached hydrogen (secondary N) is 3. The highest BCUT2D eigenvalue weighted by Gasteiger charge is 2.20. The first-order valence-electron chi connectivity index (χ1n) is 9.00. The van der Waals surface area contributed by atoms with Gasteiger partial charge in [0.1, 0.15) is 11.2 Å². The SMILES string of the molecule is CCc1cccc2c(-c3cnc4[nH]cc(C(=O)NC(C)(C)C)c4n3)[nH]nc12. The molecule has 0 spiro atoms. The quantitative estimate of drug-likeness (QED) is 0.518. The van der Waals surface area contributed by atoms with Gasteiger partial charge in [0.25, 0.3) is 5.91 Å². The maximum Gasteiger partial charge on any atom is 0.255 e. The molecule has 0 bridgehead atoms. The lowest BCUT2D eigenvalue weighted by molar-refractivity contribution is 0.0921. The van der Waals surface area contributed by atoms with Crippen LogP contribution in [0.5, 0.6) is 0 Å². The van der Waals surface area contributed by atoms with E-state index >= 15 is 0 Å². The zero-order chi connectivity index (χ0) is 19.2. The average molecular weight is 362 g/mol. The number of carbonyl (C=O) groups is 1. The van der Waals surface area contributed by atoms with E-state index in [9.17, 15) is 4.79 Å². The molecule has 1 aromatic carbocycles. The molecule has 0 saturated heterocycles. The molecule has 3 aromatic heterocycles. The molecule has 0 fully saturated rings. The molecule has 0 aliphatic heterocycles. The number of benzene rings is 1. The van der Waals surface area contributed by atoms with Crippen molar-refractivity contribution in [3.63, 3.8) is 0 Å². The topological polar surface area (TPSA) is 99.4 Å². The van der Waals surface area contributed by atoms with Gasteiger partial charge in [0.15, 0.2) is 5.65 Å². The van der Waals surface area contributed by atoms with E-state index in [0.717, 1.165) is 23.0 Å². The van der Waals surface area contributed by atoms with Gasteiger partial charge in [-0.2, -0.15) is 5.10 Å². The number of aromatic nitrogens is 5. The Morgan fingerprint density at radius 2 is 2.04 bits per heavy atom. The van der Waals surface area contributed by atoms with Crippen LogP contribution >= 0.6 is 0 Å². The van der Waals surface area contributed by atoms with Crippen LogP contribution in [-0.4, -0.2) is 36.6 Å². The van der Waals surface area contributed by atoms with Crippen molar-refractivity contribution in [2.45, 2.75) is 39.7 Å². The average Bonchev–Trinajstić information content (AvgIpc) is 3.23. The summed E-state index contributed by atoms with van der Waals surface area (Å²) in [7, 11) is 0. The van der Waals surface area contributed by atoms with E-state index < -0.39 is 0 Å². The minimum Gasteiger partial charge on any atom is -0.347 e. The van der Waals surface area contributed by atoms with Crippen molar-refractivity contribution in [2.24, 2.45) is 0 Å². The van der Waals surface area contributed by atoms with Crippen LogP contribution in [0.1, 0.15) is 43.6 Å². The first-order chi connectivity index (χ1) is 12.9. The summed E-state index contributed by atoms with van der Waals surface area (Å²) in [5.41, 5.74) is 4.85. The summed E-state index contributed by atoms with van der Waals surface area (Å²) in [6, 6.07) is 6.11. The third-order valence-corrected chi connectivity index (χ3v) is 4.42. The zero-order valence-corrected chi connectivity index (χ0v) is 15.8. The number of aromatic amines is 2. The van der Waals surface area contributed by atoms with Crippen LogP contribution < -0.4 is 5.32 Å². The third-order valence-electron chi connectivity index (χ3n) is 4.42. The summed E-state index contributed by atoms with van der Waals surface area (Å²) in [4.78, 5) is 24.8. The first kappa shape index (κ1) is 17.2. The van der Waals surface area contributed by atoms with E-state index in [-0.39, 0.29) is 11.4 Å². The minimum atomic E-state index is -0.332. The Balaban J connectivity index is 1.83. The Morgan fingerprint density at radius 3 is 2.78 bits per heavy atom. The Hall–Kier alpha value is -3.22. The van der Waals surface area contributed by atoms with Gasteiger partial charge in [-0.3, -0.25) is 9.89 Å². The summed E-state index contributed by atoms with van der Waals surface area (Å²) >= 11 is 0. The maximum atomic E-state index is 12.6. The highest BCUT2D eigenvalue weighted by atomic mass is 16.1. The van der Waals surface area contributed by atoms with Crippen LogP contribution in [0.4, 0.5) is 0 Å². The van der Waals surface area contributed by atoms with Gasteiger partial charge in [0.2, 0.25) is 0 Å². The van der Waals surface area contributed by atoms with Crippen LogP contribution in [0.15, 0.2) is 30.6 Å². The molecule has 1 amide bonds. The molecule has 4 aromatic rings. The van der Waals surface area contributed by atoms with E-state index in [1.165, 1.54) is 5.56 Å². The number of amides is 1. The Bertz CT molecular complexity index is 1150. The molecule has 0 unspecified atom stereocenters. The van der Waals surface area contributed by atoms with Gasteiger partial charge in [-0.15, -0.1) is 0 Å². The molecule has 3 heterocycles. The van der Waals surface area contributed by atoms with Crippen molar-refractivity contribution in [1.82, 2.24) is 30.5 Å². The summed E-state index contributed by atoms with van der Waals surface area (Å²) in [6.07, 6.45) is 4.24. The molecule has 7 nitrogen and oxygen atoms in total. The Labute approximate surface area is 156 Å². The second-order valence-electron chi connectivity index (χ2n) is 7.62. The van der Waals surface area contributed by atoms with Gasteiger partial charge in [-0.05, 0) is 32.8 Å². The van der Waals surface area contributed by atoms with Crippen LogP contribution in [0.2, 0.25) is 0 Å². The van der Waals surface area contributed by atoms with E-state index in [1.54, 1.807) is 12.4 Å². The second kappa shape index (κ2) is 6.19. The van der Waals surface area contributed by atoms with Gasteiger partial charge >= 0.3 is 0 Å². The monoisotopic (exact) mass is 362 g/mol. The number of para-hydroxylation sites is 1. The predicted molar refractivity (Wildman–Crippen MR) is 106 cm³/mol. The zero-order valence-electron chi connectivity index (χ0n) is 15.8. The third kappa shape index (κ3) is 3.05. The molecule has 0 radical (unpaired) electrons. The standard InChI is InChI=1S/C20H22N6O/c1-5-11-7-6-8-12-15(11)25-26-16(12)14-10-22-18-17(23-14)13(9-21-18)19(27)24-20(2,3)4/h6-10H,5H2,1-4H3,(H,21,22)(H,24,27)(H,25,26). The van der Waals surface area contributed by atoms with Crippen LogP contribution in [0.25, 0.3) is 33.5 Å². The number of nitrogens with zero attached hydrogens (tertiary/aromatic N) is 3. The fourth-order valence-corrected chi connectivity index (χ4v) is 3.17. The number of fused-ring (bicyclic) bond motifs is 2. The summed E-state index contributed by atoms with van der Waals surface area (Å²) in [5.74, 6) is -0.178. The number of H-pyrrole nitrogens is 2. The minimum absolute atomic E-state index is 0.178. The van der Waals surface area contributed by atoms with E-state index in [1.807, 2.05) is 32.9 Å². The molecule has 138 valence electrons. The molecule has 7 heteroatoms. The van der Waals surface area contributed by atoms with E-state index in [4.69, 9.17) is 4.98 Å². The molecule has 0 aliphatic rings. The van der Waals surface area contributed by atoms with Crippen molar-refractivity contribution in [2.75, 3.05) is 0 Å². The van der Waals surface area contributed by atoms with Gasteiger partial charge in [-0.25, -0.2) is 9.97 Å². The highest BCUT2D eigenvalue weighted by molar-refractivity contribution is 6.05. The normalized spacial score (nSPS) is 12.0. The van der Waals surface area contributed by atoms with Gasteiger partial charge in [0, 0.05) is 17.1 Å².